The lowest BCUT2D eigenvalue weighted by atomic mass is 9.79. The van der Waals surface area contributed by atoms with Crippen LogP contribution in [-0.2, 0) is 4.79 Å². The van der Waals surface area contributed by atoms with E-state index < -0.39 is 0 Å². The van der Waals surface area contributed by atoms with Gasteiger partial charge in [-0.15, -0.1) is 0 Å². The van der Waals surface area contributed by atoms with Crippen molar-refractivity contribution in [3.05, 3.63) is 27.7 Å². The lowest BCUT2D eigenvalue weighted by Gasteiger charge is -2.27. The van der Waals surface area contributed by atoms with Crippen molar-refractivity contribution in [1.29, 1.82) is 0 Å². The Balaban J connectivity index is 1.86. The second kappa shape index (κ2) is 8.19. The van der Waals surface area contributed by atoms with E-state index in [0.717, 1.165) is 28.9 Å². The fraction of sp³-hybridized carbons (Fsp3) is 0.588. The lowest BCUT2D eigenvalue weighted by Crippen LogP contribution is -2.27. The van der Waals surface area contributed by atoms with Gasteiger partial charge < -0.3 is 5.32 Å². The van der Waals surface area contributed by atoms with Gasteiger partial charge in [-0.3, -0.25) is 4.79 Å². The molecule has 0 atom stereocenters. The third kappa shape index (κ3) is 4.72. The topological polar surface area (TPSA) is 29.1 Å². The lowest BCUT2D eigenvalue weighted by molar-refractivity contribution is -0.121. The number of amides is 1. The number of hydrogen-bond donors (Lipinski definition) is 1. The summed E-state index contributed by atoms with van der Waals surface area (Å²) in [5, 5.41) is 3.63. The zero-order chi connectivity index (χ0) is 15.2. The van der Waals surface area contributed by atoms with Crippen LogP contribution in [0.15, 0.2) is 22.7 Å². The monoisotopic (exact) mass is 371 g/mol. The summed E-state index contributed by atoms with van der Waals surface area (Å²) in [4.78, 5) is 12.4. The first kappa shape index (κ1) is 16.8. The zero-order valence-electron chi connectivity index (χ0n) is 12.5. The maximum atomic E-state index is 12.4. The summed E-state index contributed by atoms with van der Waals surface area (Å²) in [5.41, 5.74) is 0.764. The van der Waals surface area contributed by atoms with E-state index in [1.54, 1.807) is 6.07 Å². The van der Waals surface area contributed by atoms with Gasteiger partial charge in [-0.25, -0.2) is 0 Å². The second-order valence-corrected chi connectivity index (χ2v) is 7.15. The highest BCUT2D eigenvalue weighted by molar-refractivity contribution is 9.10. The molecular formula is C17H23BrClNO. The molecule has 1 aliphatic rings. The maximum Gasteiger partial charge on any atom is 0.227 e. The smallest absolute Gasteiger partial charge is 0.227 e. The number of hydrogen-bond acceptors (Lipinski definition) is 1. The van der Waals surface area contributed by atoms with Crippen LogP contribution in [0.5, 0.6) is 0 Å². The molecule has 1 aromatic carbocycles. The summed E-state index contributed by atoms with van der Waals surface area (Å²) >= 11 is 9.48. The molecule has 0 radical (unpaired) electrons. The van der Waals surface area contributed by atoms with Crippen LogP contribution in [0.4, 0.5) is 5.69 Å². The Bertz CT molecular complexity index is 484. The predicted molar refractivity (Wildman–Crippen MR) is 92.8 cm³/mol. The molecule has 2 rings (SSSR count). The summed E-state index contributed by atoms with van der Waals surface area (Å²) in [7, 11) is 0. The summed E-state index contributed by atoms with van der Waals surface area (Å²) < 4.78 is 0.761. The Morgan fingerprint density at radius 1 is 1.33 bits per heavy atom. The fourth-order valence-corrected chi connectivity index (χ4v) is 3.58. The normalized spacial score (nSPS) is 22.0. The summed E-state index contributed by atoms with van der Waals surface area (Å²) in [6.45, 7) is 2.24. The Kier molecular flexibility index (Phi) is 6.56. The molecule has 1 aliphatic carbocycles. The molecule has 1 N–H and O–H groups in total. The summed E-state index contributed by atoms with van der Waals surface area (Å²) in [6, 6.07) is 5.53. The number of nitrogens with one attached hydrogen (secondary N) is 1. The van der Waals surface area contributed by atoms with Gasteiger partial charge in [-0.1, -0.05) is 43.9 Å². The van der Waals surface area contributed by atoms with Crippen molar-refractivity contribution in [1.82, 2.24) is 0 Å². The van der Waals surface area contributed by atoms with Gasteiger partial charge in [-0.05, 0) is 59.7 Å². The standard InChI is InChI=1S/C17H23BrClNO/c1-2-3-5-12-8-10-13(11-9-12)17(21)20-15-7-4-6-14(19)16(15)18/h4,6-7,12-13H,2-3,5,8-11H2,1H3,(H,20,21). The van der Waals surface area contributed by atoms with Gasteiger partial charge in [0.2, 0.25) is 5.91 Å². The van der Waals surface area contributed by atoms with E-state index in [1.807, 2.05) is 12.1 Å². The third-order valence-corrected chi connectivity index (χ3v) is 5.79. The number of unbranched alkanes of at least 4 members (excludes halogenated alkanes) is 1. The van der Waals surface area contributed by atoms with Crippen LogP contribution in [0.25, 0.3) is 0 Å². The number of benzene rings is 1. The average Bonchev–Trinajstić information content (AvgIpc) is 2.50. The number of halogens is 2. The van der Waals surface area contributed by atoms with Gasteiger partial charge in [0.15, 0.2) is 0 Å². The van der Waals surface area contributed by atoms with Gasteiger partial charge in [0.25, 0.3) is 0 Å². The molecule has 0 aliphatic heterocycles. The largest absolute Gasteiger partial charge is 0.325 e. The average molecular weight is 373 g/mol. The highest BCUT2D eigenvalue weighted by atomic mass is 79.9. The van der Waals surface area contributed by atoms with Crippen LogP contribution in [-0.4, -0.2) is 5.91 Å². The van der Waals surface area contributed by atoms with Gasteiger partial charge >= 0.3 is 0 Å². The molecular weight excluding hydrogens is 350 g/mol. The van der Waals surface area contributed by atoms with Crippen molar-refractivity contribution in [2.75, 3.05) is 5.32 Å². The fourth-order valence-electron chi connectivity index (χ4n) is 3.04. The Hall–Kier alpha value is -0.540. The molecule has 21 heavy (non-hydrogen) atoms. The maximum absolute atomic E-state index is 12.4. The van der Waals surface area contributed by atoms with Crippen molar-refractivity contribution in [2.24, 2.45) is 11.8 Å². The molecule has 1 amide bonds. The van der Waals surface area contributed by atoms with E-state index >= 15 is 0 Å². The quantitative estimate of drug-likeness (QED) is 0.671. The highest BCUT2D eigenvalue weighted by Crippen LogP contribution is 2.34. The van der Waals surface area contributed by atoms with Crippen LogP contribution in [0.1, 0.15) is 51.9 Å². The molecule has 0 unspecified atom stereocenters. The van der Waals surface area contributed by atoms with Crippen molar-refractivity contribution >= 4 is 39.1 Å². The predicted octanol–water partition coefficient (Wildman–Crippen LogP) is 6.04. The Labute approximate surface area is 140 Å². The Morgan fingerprint density at radius 3 is 2.71 bits per heavy atom. The van der Waals surface area contributed by atoms with Gasteiger partial charge in [0, 0.05) is 5.92 Å². The van der Waals surface area contributed by atoms with Crippen molar-refractivity contribution in [3.8, 4) is 0 Å². The summed E-state index contributed by atoms with van der Waals surface area (Å²) in [5.74, 6) is 1.10. The Morgan fingerprint density at radius 2 is 2.05 bits per heavy atom. The van der Waals surface area contributed by atoms with E-state index in [-0.39, 0.29) is 11.8 Å². The molecule has 0 spiro atoms. The molecule has 1 saturated carbocycles. The minimum absolute atomic E-state index is 0.131. The number of carbonyl (C=O) groups is 1. The number of anilines is 1. The van der Waals surface area contributed by atoms with E-state index in [9.17, 15) is 4.79 Å². The molecule has 1 aromatic rings. The van der Waals surface area contributed by atoms with E-state index in [1.165, 1.54) is 32.1 Å². The van der Waals surface area contributed by atoms with E-state index in [2.05, 4.69) is 28.2 Å². The molecule has 0 bridgehead atoms. The SMILES string of the molecule is CCCCC1CCC(C(=O)Nc2cccc(Cl)c2Br)CC1. The number of rotatable bonds is 5. The second-order valence-electron chi connectivity index (χ2n) is 5.95. The van der Waals surface area contributed by atoms with Crippen molar-refractivity contribution in [3.63, 3.8) is 0 Å². The molecule has 116 valence electrons. The van der Waals surface area contributed by atoms with Crippen LogP contribution in [0.3, 0.4) is 0 Å². The molecule has 0 aromatic heterocycles. The van der Waals surface area contributed by atoms with Crippen LogP contribution in [0, 0.1) is 11.8 Å². The molecule has 0 saturated heterocycles. The van der Waals surface area contributed by atoms with E-state index in [0.29, 0.717) is 5.02 Å². The number of carbonyl (C=O) groups excluding carboxylic acids is 1. The minimum Gasteiger partial charge on any atom is -0.325 e. The van der Waals surface area contributed by atoms with Crippen LogP contribution >= 0.6 is 27.5 Å². The minimum atomic E-state index is 0.131. The van der Waals surface area contributed by atoms with E-state index in [4.69, 9.17) is 11.6 Å². The van der Waals surface area contributed by atoms with Gasteiger partial charge in [0.05, 0.1) is 15.2 Å². The van der Waals surface area contributed by atoms with Gasteiger partial charge in [-0.2, -0.15) is 0 Å². The molecule has 4 heteroatoms. The first-order chi connectivity index (χ1) is 10.1. The summed E-state index contributed by atoms with van der Waals surface area (Å²) in [6.07, 6.45) is 8.31. The highest BCUT2D eigenvalue weighted by Gasteiger charge is 2.26. The van der Waals surface area contributed by atoms with Gasteiger partial charge in [0.1, 0.15) is 0 Å². The van der Waals surface area contributed by atoms with Crippen LogP contribution < -0.4 is 5.32 Å². The first-order valence-electron chi connectivity index (χ1n) is 7.86. The van der Waals surface area contributed by atoms with Crippen molar-refractivity contribution < 1.29 is 4.79 Å². The third-order valence-electron chi connectivity index (χ3n) is 4.39. The zero-order valence-corrected chi connectivity index (χ0v) is 14.8. The molecule has 2 nitrogen and oxygen atoms in total. The first-order valence-corrected chi connectivity index (χ1v) is 9.03. The van der Waals surface area contributed by atoms with Crippen LogP contribution in [0.2, 0.25) is 5.02 Å². The molecule has 1 fully saturated rings. The van der Waals surface area contributed by atoms with Crippen molar-refractivity contribution in [2.45, 2.75) is 51.9 Å². The molecule has 0 heterocycles.